The molecule has 0 saturated heterocycles. The highest BCUT2D eigenvalue weighted by Crippen LogP contribution is 1.99. The highest BCUT2D eigenvalue weighted by molar-refractivity contribution is 7.92. The van der Waals surface area contributed by atoms with Crippen LogP contribution in [0.1, 0.15) is 10.4 Å². The maximum Gasteiger partial charge on any atom is 0.142 e. The van der Waals surface area contributed by atoms with Crippen LogP contribution in [0.2, 0.25) is 0 Å². The van der Waals surface area contributed by atoms with Crippen molar-refractivity contribution in [3.8, 4) is 0 Å². The van der Waals surface area contributed by atoms with Crippen molar-refractivity contribution < 1.29 is 4.79 Å². The van der Waals surface area contributed by atoms with Gasteiger partial charge in [0.2, 0.25) is 0 Å². The van der Waals surface area contributed by atoms with Crippen LogP contribution >= 0.6 is 0 Å². The summed E-state index contributed by atoms with van der Waals surface area (Å²) in [4.78, 5) is 11.4. The minimum Gasteiger partial charge on any atom is -0.478 e. The number of Topliss-reactive ketones (excluding diaryl/α,β-unsaturated/α-hetero) is 1. The van der Waals surface area contributed by atoms with E-state index >= 15 is 0 Å². The summed E-state index contributed by atoms with van der Waals surface area (Å²) in [6.07, 6.45) is 0. The Kier molecular flexibility index (Phi) is 3.11. The second-order valence-corrected chi connectivity index (χ2v) is 4.06. The molecular formula is C10H11OS-. The van der Waals surface area contributed by atoms with E-state index in [1.165, 1.54) is 0 Å². The van der Waals surface area contributed by atoms with Gasteiger partial charge in [0, 0.05) is 5.56 Å². The van der Waals surface area contributed by atoms with Gasteiger partial charge in [-0.15, -0.1) is 0 Å². The summed E-state index contributed by atoms with van der Waals surface area (Å²) < 4.78 is 0. The van der Waals surface area contributed by atoms with Crippen LogP contribution < -0.4 is 0 Å². The Morgan fingerprint density at radius 1 is 1.25 bits per heavy atom. The van der Waals surface area contributed by atoms with Crippen LogP contribution in [0.5, 0.6) is 0 Å². The Hall–Kier alpha value is -1.02. The lowest BCUT2D eigenvalue weighted by atomic mass is 10.2. The summed E-state index contributed by atoms with van der Waals surface area (Å²) in [6.45, 7) is 0. The molecule has 1 aromatic rings. The molecule has 0 spiro atoms. The van der Waals surface area contributed by atoms with E-state index < -0.39 is 0 Å². The summed E-state index contributed by atoms with van der Waals surface area (Å²) >= 11 is 0. The molecule has 2 heteroatoms. The van der Waals surface area contributed by atoms with Crippen molar-refractivity contribution in [3.05, 3.63) is 35.9 Å². The van der Waals surface area contributed by atoms with Gasteiger partial charge in [-0.1, -0.05) is 36.1 Å². The van der Waals surface area contributed by atoms with Crippen molar-refractivity contribution >= 4 is 27.6 Å². The molecule has 1 nitrogen and oxygen atoms in total. The van der Waals surface area contributed by atoms with Crippen molar-refractivity contribution in [2.45, 2.75) is 0 Å². The van der Waals surface area contributed by atoms with Crippen molar-refractivity contribution in [2.24, 2.45) is 0 Å². The quantitative estimate of drug-likeness (QED) is 0.389. The van der Waals surface area contributed by atoms with Gasteiger partial charge in [-0.2, -0.15) is 0 Å². The van der Waals surface area contributed by atoms with Crippen molar-refractivity contribution in [1.82, 2.24) is 0 Å². The Balaban J connectivity index is 2.79. The molecule has 0 aromatic heterocycles. The van der Waals surface area contributed by atoms with E-state index in [4.69, 9.17) is 0 Å². The highest BCUT2D eigenvalue weighted by Gasteiger charge is 1.96. The molecule has 0 N–H and O–H groups in total. The third kappa shape index (κ3) is 2.55. The zero-order valence-corrected chi connectivity index (χ0v) is 7.64. The van der Waals surface area contributed by atoms with Crippen molar-refractivity contribution in [2.75, 3.05) is 5.75 Å². The minimum absolute atomic E-state index is 0.129. The van der Waals surface area contributed by atoms with E-state index in [0.717, 1.165) is 5.56 Å². The Labute approximate surface area is 74.6 Å². The molecule has 0 aliphatic heterocycles. The fourth-order valence-electron chi connectivity index (χ4n) is 0.893. The Morgan fingerprint density at radius 3 is 2.33 bits per heavy atom. The van der Waals surface area contributed by atoms with Gasteiger partial charge in [-0.25, -0.2) is 11.7 Å². The Bertz CT molecular complexity index is 328. The summed E-state index contributed by atoms with van der Waals surface area (Å²) in [5, 5.41) is 0. The number of hydrogen-bond acceptors (Lipinski definition) is 2. The van der Waals surface area contributed by atoms with E-state index in [1.807, 2.05) is 30.3 Å². The lowest BCUT2D eigenvalue weighted by Crippen LogP contribution is -2.05. The van der Waals surface area contributed by atoms with Gasteiger partial charge in [-0.05, 0) is 0 Å². The molecule has 0 aliphatic rings. The van der Waals surface area contributed by atoms with Crippen LogP contribution in [-0.2, 0) is 10.1 Å². The van der Waals surface area contributed by atoms with E-state index in [0.29, 0.717) is 5.75 Å². The van der Waals surface area contributed by atoms with Gasteiger partial charge in [0.15, 0.2) is 0 Å². The SMILES string of the molecule is C=[S-](=C)CC(=O)c1ccccc1. The predicted molar refractivity (Wildman–Crippen MR) is 57.2 cm³/mol. The standard InChI is InChI=1S/C10H11OS/c1-12(2)8-10(11)9-6-4-3-5-7-9/h3-7H,1-2,8H2/q-1. The largest absolute Gasteiger partial charge is 0.478 e. The number of benzene rings is 1. The molecule has 0 radical (unpaired) electrons. The molecule has 1 rings (SSSR count). The molecular weight excluding hydrogens is 168 g/mol. The first-order valence-corrected chi connectivity index (χ1v) is 5.32. The van der Waals surface area contributed by atoms with E-state index in [2.05, 4.69) is 11.7 Å². The first-order chi connectivity index (χ1) is 5.70. The number of carbonyl (C=O) groups excluding carboxylic acids is 1. The molecule has 0 fully saturated rings. The maximum absolute atomic E-state index is 11.4. The zero-order valence-electron chi connectivity index (χ0n) is 6.82. The third-order valence-electron chi connectivity index (χ3n) is 1.43. The molecule has 0 unspecified atom stereocenters. The molecule has 0 aliphatic carbocycles. The monoisotopic (exact) mass is 179 g/mol. The van der Waals surface area contributed by atoms with E-state index in [1.54, 1.807) is 0 Å². The Morgan fingerprint density at radius 2 is 1.83 bits per heavy atom. The molecule has 0 bridgehead atoms. The average molecular weight is 179 g/mol. The van der Waals surface area contributed by atoms with Crippen molar-refractivity contribution in [1.29, 1.82) is 0 Å². The van der Waals surface area contributed by atoms with Gasteiger partial charge in [0.05, 0.1) is 0 Å². The second-order valence-electron chi connectivity index (χ2n) is 2.55. The van der Waals surface area contributed by atoms with Gasteiger partial charge in [0.25, 0.3) is 0 Å². The van der Waals surface area contributed by atoms with Crippen LogP contribution in [0.3, 0.4) is 0 Å². The molecule has 0 atom stereocenters. The number of carbonyl (C=O) groups is 1. The minimum atomic E-state index is -0.296. The third-order valence-corrected chi connectivity index (χ3v) is 2.10. The fourth-order valence-corrected chi connectivity index (χ4v) is 1.43. The van der Waals surface area contributed by atoms with Crippen LogP contribution in [0.4, 0.5) is 0 Å². The highest BCUT2D eigenvalue weighted by atomic mass is 32.2. The maximum atomic E-state index is 11.4. The zero-order chi connectivity index (χ0) is 8.97. The summed E-state index contributed by atoms with van der Waals surface area (Å²) in [6, 6.07) is 9.24. The molecule has 1 aromatic carbocycles. The van der Waals surface area contributed by atoms with Crippen LogP contribution in [0.25, 0.3) is 0 Å². The average Bonchev–Trinajstić information content (AvgIpc) is 2.05. The number of hydrogen-bond donors (Lipinski definition) is 0. The lowest BCUT2D eigenvalue weighted by molar-refractivity contribution is 0.102. The molecule has 0 amide bonds. The number of ketones is 1. The first-order valence-electron chi connectivity index (χ1n) is 3.58. The lowest BCUT2D eigenvalue weighted by Gasteiger charge is -2.04. The molecule has 0 heterocycles. The summed E-state index contributed by atoms with van der Waals surface area (Å²) in [5.41, 5.74) is 0.752. The smallest absolute Gasteiger partial charge is 0.142 e. The molecule has 64 valence electrons. The van der Waals surface area contributed by atoms with Crippen molar-refractivity contribution in [3.63, 3.8) is 0 Å². The van der Waals surface area contributed by atoms with Crippen LogP contribution in [-0.4, -0.2) is 23.3 Å². The normalized spacial score (nSPS) is 10.1. The van der Waals surface area contributed by atoms with E-state index in [-0.39, 0.29) is 15.9 Å². The van der Waals surface area contributed by atoms with Crippen LogP contribution in [0.15, 0.2) is 30.3 Å². The summed E-state index contributed by atoms with van der Waals surface area (Å²) in [7, 11) is -0.296. The molecule has 0 saturated carbocycles. The summed E-state index contributed by atoms with van der Waals surface area (Å²) in [5.74, 6) is 7.98. The first kappa shape index (κ1) is 9.07. The van der Waals surface area contributed by atoms with Gasteiger partial charge in [0.1, 0.15) is 5.78 Å². The van der Waals surface area contributed by atoms with Crippen LogP contribution in [0, 0.1) is 0 Å². The predicted octanol–water partition coefficient (Wildman–Crippen LogP) is 1.35. The second kappa shape index (κ2) is 4.12. The van der Waals surface area contributed by atoms with E-state index in [9.17, 15) is 4.79 Å². The molecule has 12 heavy (non-hydrogen) atoms. The topological polar surface area (TPSA) is 17.1 Å². The van der Waals surface area contributed by atoms with Gasteiger partial charge >= 0.3 is 0 Å². The number of rotatable bonds is 3. The van der Waals surface area contributed by atoms with Gasteiger partial charge in [-0.3, -0.25) is 4.79 Å². The fraction of sp³-hybridized carbons (Fsp3) is 0.100. The van der Waals surface area contributed by atoms with Gasteiger partial charge < -0.3 is 10.1 Å².